The average Bonchev–Trinajstić information content (AvgIpc) is 3.09. The molecule has 1 saturated heterocycles. The van der Waals surface area contributed by atoms with E-state index in [1.807, 2.05) is 25.1 Å². The quantitative estimate of drug-likeness (QED) is 0.625. The number of rotatable bonds is 7. The maximum atomic E-state index is 12.3. The van der Waals surface area contributed by atoms with Crippen LogP contribution in [-0.4, -0.2) is 47.5 Å². The maximum absolute atomic E-state index is 12.3. The number of carbonyl (C=O) groups is 1. The van der Waals surface area contributed by atoms with Crippen molar-refractivity contribution in [3.63, 3.8) is 0 Å². The van der Waals surface area contributed by atoms with Crippen molar-refractivity contribution in [1.82, 2.24) is 0 Å². The number of thioether (sulfide) groups is 1. The highest BCUT2D eigenvalue weighted by molar-refractivity contribution is 8.00. The van der Waals surface area contributed by atoms with E-state index in [1.165, 1.54) is 12.0 Å². The molecule has 0 radical (unpaired) electrons. The van der Waals surface area contributed by atoms with Gasteiger partial charge in [0.1, 0.15) is 18.8 Å². The third-order valence-corrected chi connectivity index (χ3v) is 7.17. The lowest BCUT2D eigenvalue weighted by molar-refractivity contribution is -0.172. The van der Waals surface area contributed by atoms with E-state index in [0.717, 1.165) is 30.6 Å². The average molecular weight is 443 g/mol. The number of ether oxygens (including phenoxy) is 3. The van der Waals surface area contributed by atoms with Crippen LogP contribution in [0.15, 0.2) is 59.5 Å². The van der Waals surface area contributed by atoms with Gasteiger partial charge in [0, 0.05) is 4.90 Å². The van der Waals surface area contributed by atoms with Crippen LogP contribution in [0.1, 0.15) is 48.0 Å². The summed E-state index contributed by atoms with van der Waals surface area (Å²) in [5, 5.41) is 10.7. The number of hydrogen-bond acceptors (Lipinski definition) is 6. The highest BCUT2D eigenvalue weighted by Gasteiger charge is 2.46. The highest BCUT2D eigenvalue weighted by atomic mass is 32.2. The van der Waals surface area contributed by atoms with Crippen LogP contribution in [0.5, 0.6) is 0 Å². The minimum absolute atomic E-state index is 0.00954. The molecule has 6 heteroatoms. The Kier molecular flexibility index (Phi) is 7.67. The fraction of sp³-hybridized carbons (Fsp3) is 0.480. The van der Waals surface area contributed by atoms with Gasteiger partial charge < -0.3 is 19.3 Å². The topological polar surface area (TPSA) is 65.0 Å². The molecule has 4 atom stereocenters. The molecular weight excluding hydrogens is 412 g/mol. The van der Waals surface area contributed by atoms with Crippen molar-refractivity contribution < 1.29 is 24.1 Å². The third kappa shape index (κ3) is 5.89. The molecule has 2 aromatic rings. The summed E-state index contributed by atoms with van der Waals surface area (Å²) in [6.45, 7) is 2.04. The first kappa shape index (κ1) is 22.3. The zero-order chi connectivity index (χ0) is 21.6. The Morgan fingerprint density at radius 1 is 1.06 bits per heavy atom. The van der Waals surface area contributed by atoms with Crippen LogP contribution in [-0.2, 0) is 14.2 Å². The summed E-state index contributed by atoms with van der Waals surface area (Å²) in [6, 6.07) is 17.1. The molecule has 31 heavy (non-hydrogen) atoms. The molecule has 2 fully saturated rings. The monoisotopic (exact) mass is 442 g/mol. The summed E-state index contributed by atoms with van der Waals surface area (Å²) in [5.41, 5.74) is 1.67. The molecule has 0 aromatic heterocycles. The molecule has 1 aliphatic carbocycles. The van der Waals surface area contributed by atoms with Gasteiger partial charge in [-0.25, -0.2) is 4.79 Å². The largest absolute Gasteiger partial charge is 0.459 e. The summed E-state index contributed by atoms with van der Waals surface area (Å²) >= 11 is 1.56. The van der Waals surface area contributed by atoms with Crippen molar-refractivity contribution in [1.29, 1.82) is 0 Å². The van der Waals surface area contributed by atoms with Gasteiger partial charge in [0.25, 0.3) is 0 Å². The van der Waals surface area contributed by atoms with E-state index >= 15 is 0 Å². The fourth-order valence-corrected chi connectivity index (χ4v) is 5.22. The van der Waals surface area contributed by atoms with Crippen molar-refractivity contribution in [2.24, 2.45) is 0 Å². The molecule has 0 unspecified atom stereocenters. The molecule has 1 saturated carbocycles. The Morgan fingerprint density at radius 3 is 2.48 bits per heavy atom. The Balaban J connectivity index is 1.42. The predicted molar refractivity (Wildman–Crippen MR) is 120 cm³/mol. The molecule has 5 nitrogen and oxygen atoms in total. The molecule has 0 spiro atoms. The molecule has 2 aromatic carbocycles. The van der Waals surface area contributed by atoms with E-state index in [-0.39, 0.29) is 18.0 Å². The number of hydrogen-bond donors (Lipinski definition) is 1. The molecule has 0 amide bonds. The number of aliphatic hydroxyl groups is 1. The first-order valence-corrected chi connectivity index (χ1v) is 11.9. The second-order valence-electron chi connectivity index (χ2n) is 8.29. The molecule has 4 rings (SSSR count). The Morgan fingerprint density at radius 2 is 1.77 bits per heavy atom. The van der Waals surface area contributed by atoms with Crippen LogP contribution in [0.4, 0.5) is 0 Å². The summed E-state index contributed by atoms with van der Waals surface area (Å²) in [5.74, 6) is -0.421. The lowest BCUT2D eigenvalue weighted by Gasteiger charge is -2.28. The second kappa shape index (κ2) is 10.6. The van der Waals surface area contributed by atoms with E-state index in [9.17, 15) is 9.90 Å². The summed E-state index contributed by atoms with van der Waals surface area (Å²) in [7, 11) is 0. The van der Waals surface area contributed by atoms with Gasteiger partial charge in [-0.05, 0) is 44.0 Å². The lowest BCUT2D eigenvalue weighted by atomic mass is 9.98. The van der Waals surface area contributed by atoms with Crippen LogP contribution in [0.2, 0.25) is 0 Å². The minimum Gasteiger partial charge on any atom is -0.459 e. The molecule has 0 bridgehead atoms. The molecule has 166 valence electrons. The van der Waals surface area contributed by atoms with Gasteiger partial charge >= 0.3 is 5.97 Å². The molecule has 1 aliphatic heterocycles. The van der Waals surface area contributed by atoms with Crippen molar-refractivity contribution in [2.75, 3.05) is 6.61 Å². The molecular formula is C25H30O5S. The standard InChI is InChI=1S/C25H30O5S/c1-17-12-14-20(15-13-17)31-23-22(26)21(16-28-24(27)18-8-4-2-5-9-18)30-25(23)29-19-10-6-3-7-11-19/h2,4-5,8-9,12-15,19,21-23,25-26H,3,6-7,10-11,16H2,1H3/t21-,22-,23+,25+/m1/s1. The summed E-state index contributed by atoms with van der Waals surface area (Å²) < 4.78 is 17.9. The minimum atomic E-state index is -0.802. The first-order valence-electron chi connectivity index (χ1n) is 11.0. The zero-order valence-electron chi connectivity index (χ0n) is 17.8. The van der Waals surface area contributed by atoms with Crippen molar-refractivity contribution in [2.45, 2.75) is 73.8 Å². The number of aryl methyl sites for hydroxylation is 1. The smallest absolute Gasteiger partial charge is 0.338 e. The highest BCUT2D eigenvalue weighted by Crippen LogP contribution is 2.38. The van der Waals surface area contributed by atoms with Crippen LogP contribution >= 0.6 is 11.8 Å². The SMILES string of the molecule is Cc1ccc(S[C@@H]2[C@@H](OC3CCCCC3)O[C@H](COC(=O)c3ccccc3)[C@H]2O)cc1. The van der Waals surface area contributed by atoms with Gasteiger partial charge in [-0.2, -0.15) is 0 Å². The van der Waals surface area contributed by atoms with E-state index < -0.39 is 24.5 Å². The van der Waals surface area contributed by atoms with Crippen LogP contribution in [0, 0.1) is 6.92 Å². The summed E-state index contributed by atoms with van der Waals surface area (Å²) in [4.78, 5) is 13.4. The van der Waals surface area contributed by atoms with E-state index in [2.05, 4.69) is 12.1 Å². The van der Waals surface area contributed by atoms with Gasteiger partial charge in [-0.3, -0.25) is 0 Å². The predicted octanol–water partition coefficient (Wildman–Crippen LogP) is 4.75. The number of carbonyl (C=O) groups excluding carboxylic acids is 1. The normalized spacial score (nSPS) is 26.6. The van der Waals surface area contributed by atoms with Crippen molar-refractivity contribution in [3.8, 4) is 0 Å². The van der Waals surface area contributed by atoms with Crippen LogP contribution < -0.4 is 0 Å². The molecule has 1 heterocycles. The zero-order valence-corrected chi connectivity index (χ0v) is 18.6. The van der Waals surface area contributed by atoms with Gasteiger partial charge in [-0.15, -0.1) is 11.8 Å². The first-order chi connectivity index (χ1) is 15.1. The molecule has 1 N–H and O–H groups in total. The Labute approximate surface area is 188 Å². The van der Waals surface area contributed by atoms with Crippen molar-refractivity contribution in [3.05, 3.63) is 65.7 Å². The van der Waals surface area contributed by atoms with Gasteiger partial charge in [0.05, 0.1) is 16.9 Å². The van der Waals surface area contributed by atoms with Crippen LogP contribution in [0.25, 0.3) is 0 Å². The Hall–Kier alpha value is -1.86. The van der Waals surface area contributed by atoms with E-state index in [1.54, 1.807) is 36.0 Å². The van der Waals surface area contributed by atoms with Crippen molar-refractivity contribution >= 4 is 17.7 Å². The molecule has 2 aliphatic rings. The van der Waals surface area contributed by atoms with Gasteiger partial charge in [-0.1, -0.05) is 55.2 Å². The fourth-order valence-electron chi connectivity index (χ4n) is 4.06. The lowest BCUT2D eigenvalue weighted by Crippen LogP contribution is -2.35. The Bertz CT molecular complexity index is 835. The number of aliphatic hydroxyl groups excluding tert-OH is 1. The van der Waals surface area contributed by atoms with Crippen LogP contribution in [0.3, 0.4) is 0 Å². The van der Waals surface area contributed by atoms with E-state index in [4.69, 9.17) is 14.2 Å². The van der Waals surface area contributed by atoms with E-state index in [0.29, 0.717) is 5.56 Å². The second-order valence-corrected chi connectivity index (χ2v) is 9.54. The van der Waals surface area contributed by atoms with Gasteiger partial charge in [0.2, 0.25) is 0 Å². The maximum Gasteiger partial charge on any atom is 0.338 e. The van der Waals surface area contributed by atoms with Gasteiger partial charge in [0.15, 0.2) is 6.29 Å². The summed E-state index contributed by atoms with van der Waals surface area (Å²) in [6.07, 6.45) is 3.79. The number of esters is 1. The third-order valence-electron chi connectivity index (χ3n) is 5.85. The number of benzene rings is 2.